The number of rotatable bonds is 5. The van der Waals surface area contributed by atoms with Crippen LogP contribution in [0.2, 0.25) is 0 Å². The van der Waals surface area contributed by atoms with E-state index in [1.54, 1.807) is 6.92 Å². The van der Waals surface area contributed by atoms with Crippen molar-refractivity contribution in [3.8, 4) is 0 Å². The van der Waals surface area contributed by atoms with Crippen molar-refractivity contribution in [2.45, 2.75) is 31.3 Å². The summed E-state index contributed by atoms with van der Waals surface area (Å²) in [6, 6.07) is 5.13. The Bertz CT molecular complexity index is 547. The minimum absolute atomic E-state index is 0.119. The molecule has 0 aliphatic heterocycles. The van der Waals surface area contributed by atoms with E-state index in [1.807, 2.05) is 0 Å². The van der Waals surface area contributed by atoms with Crippen LogP contribution in [-0.4, -0.2) is 25.7 Å². The number of hydrogen-bond acceptors (Lipinski definition) is 4. The lowest BCUT2D eigenvalue weighted by molar-refractivity contribution is -0.145. The number of benzene rings is 1. The van der Waals surface area contributed by atoms with E-state index < -0.39 is 26.4 Å². The molecule has 0 saturated heterocycles. The Balaban J connectivity index is 2.97. The molecule has 0 heterocycles. The topological polar surface area (TPSA) is 60.4 Å². The van der Waals surface area contributed by atoms with Crippen LogP contribution in [0.1, 0.15) is 26.3 Å². The number of halogens is 1. The van der Waals surface area contributed by atoms with E-state index in [0.717, 1.165) is 0 Å². The predicted molar refractivity (Wildman–Crippen MR) is 69.7 cm³/mol. The third kappa shape index (κ3) is 3.53. The van der Waals surface area contributed by atoms with E-state index in [4.69, 9.17) is 4.74 Å². The van der Waals surface area contributed by atoms with Crippen LogP contribution >= 0.6 is 0 Å². The number of carbonyl (C=O) groups is 1. The van der Waals surface area contributed by atoms with Crippen LogP contribution in [0, 0.1) is 5.82 Å². The smallest absolute Gasteiger partial charge is 0.326 e. The van der Waals surface area contributed by atoms with Crippen molar-refractivity contribution in [1.82, 2.24) is 0 Å². The quantitative estimate of drug-likeness (QED) is 0.778. The van der Waals surface area contributed by atoms with Crippen molar-refractivity contribution >= 4 is 15.8 Å². The molecule has 0 spiro atoms. The van der Waals surface area contributed by atoms with Gasteiger partial charge in [-0.1, -0.05) is 12.1 Å². The van der Waals surface area contributed by atoms with Gasteiger partial charge in [-0.3, -0.25) is 4.79 Å². The maximum absolute atomic E-state index is 12.8. The molecule has 0 radical (unpaired) electrons. The maximum Gasteiger partial charge on any atom is 0.326 e. The van der Waals surface area contributed by atoms with Crippen LogP contribution in [0.25, 0.3) is 0 Å². The molecule has 106 valence electrons. The summed E-state index contributed by atoms with van der Waals surface area (Å²) in [5, 5.41) is 0. The Kier molecular flexibility index (Phi) is 4.68. The van der Waals surface area contributed by atoms with E-state index in [0.29, 0.717) is 5.56 Å². The molecular formula is C13H17FO4S. The number of ether oxygens (including phenoxy) is 1. The minimum atomic E-state index is -3.74. The number of sulfone groups is 1. The molecule has 0 fully saturated rings. The zero-order valence-corrected chi connectivity index (χ0v) is 12.0. The standard InChI is InChI=1S/C13H17FO4S/c1-4-18-12(15)13(2,3)19(16,17)9-10-5-7-11(14)8-6-10/h5-8H,4,9H2,1-3H3. The van der Waals surface area contributed by atoms with Crippen LogP contribution < -0.4 is 0 Å². The largest absolute Gasteiger partial charge is 0.465 e. The molecular weight excluding hydrogens is 271 g/mol. The molecule has 0 aliphatic rings. The van der Waals surface area contributed by atoms with E-state index in [9.17, 15) is 17.6 Å². The SMILES string of the molecule is CCOC(=O)C(C)(C)S(=O)(=O)Cc1ccc(F)cc1. The number of carbonyl (C=O) groups excluding carboxylic acids is 1. The molecule has 0 aliphatic carbocycles. The van der Waals surface area contributed by atoms with Gasteiger partial charge in [0.2, 0.25) is 0 Å². The molecule has 1 rings (SSSR count). The minimum Gasteiger partial charge on any atom is -0.465 e. The summed E-state index contributed by atoms with van der Waals surface area (Å²) in [4.78, 5) is 11.7. The van der Waals surface area contributed by atoms with Gasteiger partial charge in [-0.15, -0.1) is 0 Å². The van der Waals surface area contributed by atoms with Crippen LogP contribution in [0.5, 0.6) is 0 Å². The highest BCUT2D eigenvalue weighted by Gasteiger charge is 2.42. The van der Waals surface area contributed by atoms with Gasteiger partial charge in [0.25, 0.3) is 0 Å². The van der Waals surface area contributed by atoms with Crippen molar-refractivity contribution < 1.29 is 22.3 Å². The second kappa shape index (κ2) is 5.69. The molecule has 1 aromatic carbocycles. The van der Waals surface area contributed by atoms with Crippen molar-refractivity contribution in [3.05, 3.63) is 35.6 Å². The number of hydrogen-bond donors (Lipinski definition) is 0. The van der Waals surface area contributed by atoms with Gasteiger partial charge in [-0.25, -0.2) is 12.8 Å². The Morgan fingerprint density at radius 1 is 1.26 bits per heavy atom. The third-order valence-corrected chi connectivity index (χ3v) is 5.25. The summed E-state index contributed by atoms with van der Waals surface area (Å²) >= 11 is 0. The Morgan fingerprint density at radius 2 is 1.79 bits per heavy atom. The summed E-state index contributed by atoms with van der Waals surface area (Å²) in [7, 11) is -3.74. The van der Waals surface area contributed by atoms with Gasteiger partial charge in [0, 0.05) is 0 Å². The molecule has 0 atom stereocenters. The summed E-state index contributed by atoms with van der Waals surface area (Å²) < 4.78 is 40.4. The molecule has 0 unspecified atom stereocenters. The third-order valence-electron chi connectivity index (χ3n) is 2.81. The molecule has 1 aromatic rings. The van der Waals surface area contributed by atoms with Crippen LogP contribution in [0.4, 0.5) is 4.39 Å². The average molecular weight is 288 g/mol. The zero-order chi connectivity index (χ0) is 14.7. The van der Waals surface area contributed by atoms with E-state index in [1.165, 1.54) is 38.1 Å². The van der Waals surface area contributed by atoms with Crippen molar-refractivity contribution in [3.63, 3.8) is 0 Å². The first-order chi connectivity index (χ1) is 8.70. The number of esters is 1. The highest BCUT2D eigenvalue weighted by atomic mass is 32.2. The van der Waals surface area contributed by atoms with E-state index >= 15 is 0 Å². The fourth-order valence-corrected chi connectivity index (χ4v) is 2.72. The second-order valence-corrected chi connectivity index (χ2v) is 7.16. The molecule has 0 saturated carbocycles. The summed E-state index contributed by atoms with van der Waals surface area (Å²) in [6.07, 6.45) is 0. The van der Waals surface area contributed by atoms with Crippen molar-refractivity contribution in [2.75, 3.05) is 6.61 Å². The summed E-state index contributed by atoms with van der Waals surface area (Å²) in [5.74, 6) is -1.55. The van der Waals surface area contributed by atoms with E-state index in [-0.39, 0.29) is 12.4 Å². The first-order valence-corrected chi connectivity index (χ1v) is 7.50. The summed E-state index contributed by atoms with van der Waals surface area (Å²) in [5.41, 5.74) is 0.429. The highest BCUT2D eigenvalue weighted by molar-refractivity contribution is 7.92. The van der Waals surface area contributed by atoms with E-state index in [2.05, 4.69) is 0 Å². The van der Waals surface area contributed by atoms with Gasteiger partial charge in [0.1, 0.15) is 5.82 Å². The van der Waals surface area contributed by atoms with Gasteiger partial charge in [-0.2, -0.15) is 0 Å². The summed E-state index contributed by atoms with van der Waals surface area (Å²) in [6.45, 7) is 4.35. The predicted octanol–water partition coefficient (Wildman–Crippen LogP) is 2.08. The lowest BCUT2D eigenvalue weighted by Gasteiger charge is -2.22. The molecule has 6 heteroatoms. The Labute approximate surface area is 112 Å². The van der Waals surface area contributed by atoms with Gasteiger partial charge in [0.05, 0.1) is 12.4 Å². The lowest BCUT2D eigenvalue weighted by Crippen LogP contribution is -2.42. The van der Waals surface area contributed by atoms with Gasteiger partial charge in [-0.05, 0) is 38.5 Å². The fourth-order valence-electron chi connectivity index (χ4n) is 1.41. The molecule has 4 nitrogen and oxygen atoms in total. The molecule has 0 amide bonds. The lowest BCUT2D eigenvalue weighted by atomic mass is 10.2. The first-order valence-electron chi connectivity index (χ1n) is 5.84. The Morgan fingerprint density at radius 3 is 2.26 bits per heavy atom. The second-order valence-electron chi connectivity index (χ2n) is 4.62. The maximum atomic E-state index is 12.8. The van der Waals surface area contributed by atoms with Crippen LogP contribution in [0.3, 0.4) is 0 Å². The zero-order valence-electron chi connectivity index (χ0n) is 11.1. The van der Waals surface area contributed by atoms with Gasteiger partial charge in [0.15, 0.2) is 14.6 Å². The highest BCUT2D eigenvalue weighted by Crippen LogP contribution is 2.23. The molecule has 0 bridgehead atoms. The fraction of sp³-hybridized carbons (Fsp3) is 0.462. The first kappa shape index (κ1) is 15.6. The van der Waals surface area contributed by atoms with Crippen molar-refractivity contribution in [2.24, 2.45) is 0 Å². The monoisotopic (exact) mass is 288 g/mol. The average Bonchev–Trinajstić information content (AvgIpc) is 2.32. The van der Waals surface area contributed by atoms with Crippen molar-refractivity contribution in [1.29, 1.82) is 0 Å². The van der Waals surface area contributed by atoms with Gasteiger partial charge >= 0.3 is 5.97 Å². The Hall–Kier alpha value is -1.43. The normalized spacial score (nSPS) is 12.2. The van der Waals surface area contributed by atoms with Gasteiger partial charge < -0.3 is 4.74 Å². The van der Waals surface area contributed by atoms with Crippen LogP contribution in [-0.2, 0) is 25.1 Å². The molecule has 19 heavy (non-hydrogen) atoms. The molecule has 0 N–H and O–H groups in total. The molecule has 0 aromatic heterocycles. The van der Waals surface area contributed by atoms with Crippen LogP contribution in [0.15, 0.2) is 24.3 Å².